The summed E-state index contributed by atoms with van der Waals surface area (Å²) in [5.41, 5.74) is 5.02. The molecule has 1 N–H and O–H groups in total. The van der Waals surface area contributed by atoms with E-state index < -0.39 is 5.97 Å². The summed E-state index contributed by atoms with van der Waals surface area (Å²) in [6.45, 7) is 10.7. The van der Waals surface area contributed by atoms with Crippen molar-refractivity contribution < 1.29 is 9.90 Å². The summed E-state index contributed by atoms with van der Waals surface area (Å²) >= 11 is 0. The van der Waals surface area contributed by atoms with Gasteiger partial charge in [0.15, 0.2) is 0 Å². The van der Waals surface area contributed by atoms with Gasteiger partial charge in [-0.2, -0.15) is 0 Å². The van der Waals surface area contributed by atoms with Gasteiger partial charge in [0.1, 0.15) is 0 Å². The highest BCUT2D eigenvalue weighted by molar-refractivity contribution is 5.69. The molecule has 0 saturated carbocycles. The molecule has 0 fully saturated rings. The van der Waals surface area contributed by atoms with E-state index >= 15 is 0 Å². The zero-order valence-electron chi connectivity index (χ0n) is 14.4. The number of carbonyl (C=O) groups is 1. The van der Waals surface area contributed by atoms with Crippen molar-refractivity contribution in [1.29, 1.82) is 0 Å². The van der Waals surface area contributed by atoms with Crippen LogP contribution < -0.4 is 0 Å². The fourth-order valence-corrected chi connectivity index (χ4v) is 2.72. The van der Waals surface area contributed by atoms with E-state index in [1.807, 2.05) is 25.2 Å². The number of hydrogen-bond acceptors (Lipinski definition) is 1. The molecular weight excluding hydrogens is 272 g/mol. The molecule has 1 aliphatic rings. The molecule has 0 spiro atoms. The lowest BCUT2D eigenvalue weighted by Crippen LogP contribution is -2.18. The maximum atomic E-state index is 10.6. The fourth-order valence-electron chi connectivity index (χ4n) is 2.72. The number of allylic oxidation sites excluding steroid dienone is 9. The summed E-state index contributed by atoms with van der Waals surface area (Å²) in [5, 5.41) is 8.71. The van der Waals surface area contributed by atoms with Crippen molar-refractivity contribution >= 4 is 5.97 Å². The zero-order valence-corrected chi connectivity index (χ0v) is 14.4. The number of hydrogen-bond donors (Lipinski definition) is 1. The lowest BCUT2D eigenvalue weighted by atomic mass is 9.73. The second kappa shape index (κ2) is 7.98. The first kappa shape index (κ1) is 18.2. The van der Waals surface area contributed by atoms with Gasteiger partial charge in [-0.05, 0) is 44.6 Å². The highest BCUT2D eigenvalue weighted by Crippen LogP contribution is 2.40. The third-order valence-electron chi connectivity index (χ3n) is 4.06. The van der Waals surface area contributed by atoms with Gasteiger partial charge in [0, 0.05) is 0 Å². The van der Waals surface area contributed by atoms with Crippen LogP contribution in [0.4, 0.5) is 0 Å². The van der Waals surface area contributed by atoms with Crippen LogP contribution in [-0.2, 0) is 4.79 Å². The fraction of sp³-hybridized carbons (Fsp3) is 0.450. The molecule has 0 aliphatic heterocycles. The van der Waals surface area contributed by atoms with Gasteiger partial charge >= 0.3 is 5.97 Å². The average molecular weight is 300 g/mol. The standard InChI is InChI=1S/C20H28O2/c1-15(8-6-9-16(2)14-19(21)22)11-12-18-17(3)10-7-13-20(18,4)5/h6,8-12H,7,13-14H2,1-5H3,(H,21,22)/b8-6+,15-11+,16-9+,18-12-. The molecule has 0 amide bonds. The summed E-state index contributed by atoms with van der Waals surface area (Å²) in [5.74, 6) is -0.791. The molecule has 0 saturated heterocycles. The lowest BCUT2D eigenvalue weighted by molar-refractivity contribution is -0.136. The number of carboxylic acids is 1. The van der Waals surface area contributed by atoms with E-state index in [0.29, 0.717) is 0 Å². The van der Waals surface area contributed by atoms with Crippen LogP contribution in [0, 0.1) is 5.41 Å². The Hall–Kier alpha value is -1.83. The Morgan fingerprint density at radius 3 is 2.59 bits per heavy atom. The van der Waals surface area contributed by atoms with E-state index in [1.54, 1.807) is 0 Å². The minimum Gasteiger partial charge on any atom is -0.481 e. The van der Waals surface area contributed by atoms with Crippen molar-refractivity contribution in [2.24, 2.45) is 5.41 Å². The minimum absolute atomic E-state index is 0.0926. The molecule has 0 unspecified atom stereocenters. The molecule has 0 radical (unpaired) electrons. The van der Waals surface area contributed by atoms with Crippen molar-refractivity contribution in [2.75, 3.05) is 0 Å². The highest BCUT2D eigenvalue weighted by atomic mass is 16.4. The van der Waals surface area contributed by atoms with Gasteiger partial charge in [-0.1, -0.05) is 67.0 Å². The lowest BCUT2D eigenvalue weighted by Gasteiger charge is -2.32. The Labute approximate surface area is 134 Å². The molecule has 120 valence electrons. The van der Waals surface area contributed by atoms with Crippen LogP contribution in [-0.4, -0.2) is 11.1 Å². The smallest absolute Gasteiger partial charge is 0.307 e. The Balaban J connectivity index is 2.81. The summed E-state index contributed by atoms with van der Waals surface area (Å²) in [4.78, 5) is 10.6. The quantitative estimate of drug-likeness (QED) is 0.671. The van der Waals surface area contributed by atoms with Gasteiger partial charge in [-0.25, -0.2) is 0 Å². The number of carboxylic acid groups (broad SMARTS) is 1. The predicted molar refractivity (Wildman–Crippen MR) is 93.8 cm³/mol. The molecule has 0 aromatic heterocycles. The van der Waals surface area contributed by atoms with Crippen molar-refractivity contribution in [2.45, 2.75) is 53.9 Å². The molecule has 1 aliphatic carbocycles. The van der Waals surface area contributed by atoms with Gasteiger partial charge in [-0.15, -0.1) is 0 Å². The normalized spacial score (nSPS) is 21.3. The van der Waals surface area contributed by atoms with E-state index in [4.69, 9.17) is 5.11 Å². The molecule has 0 bridgehead atoms. The zero-order chi connectivity index (χ0) is 16.8. The Kier molecular flexibility index (Phi) is 6.61. The van der Waals surface area contributed by atoms with Gasteiger partial charge in [0.05, 0.1) is 6.42 Å². The van der Waals surface area contributed by atoms with Crippen molar-refractivity contribution in [3.8, 4) is 0 Å². The summed E-state index contributed by atoms with van der Waals surface area (Å²) in [7, 11) is 0. The molecule has 22 heavy (non-hydrogen) atoms. The van der Waals surface area contributed by atoms with E-state index in [1.165, 1.54) is 17.6 Å². The summed E-state index contributed by atoms with van der Waals surface area (Å²) in [6, 6.07) is 0. The Morgan fingerprint density at radius 2 is 2.00 bits per heavy atom. The molecule has 0 aromatic carbocycles. The second-order valence-corrected chi connectivity index (χ2v) is 6.74. The van der Waals surface area contributed by atoms with Crippen LogP contribution in [0.15, 0.2) is 58.7 Å². The minimum atomic E-state index is -0.791. The van der Waals surface area contributed by atoms with Crippen LogP contribution in [0.5, 0.6) is 0 Å². The second-order valence-electron chi connectivity index (χ2n) is 6.74. The van der Waals surface area contributed by atoms with Crippen molar-refractivity contribution in [1.82, 2.24) is 0 Å². The van der Waals surface area contributed by atoms with Gasteiger partial charge in [-0.3, -0.25) is 4.79 Å². The summed E-state index contributed by atoms with van der Waals surface area (Å²) in [6.07, 6.45) is 14.9. The van der Waals surface area contributed by atoms with Crippen LogP contribution in [0.1, 0.15) is 53.9 Å². The molecule has 2 nitrogen and oxygen atoms in total. The molecule has 0 aromatic rings. The SMILES string of the molecule is CC1=CCCC(C)(C)\C1=C/C=C(C)/C=C/C=C(\C)CC(=O)O. The molecule has 1 rings (SSSR count). The molecule has 0 atom stereocenters. The third kappa shape index (κ3) is 5.88. The van der Waals surface area contributed by atoms with Gasteiger partial charge < -0.3 is 5.11 Å². The van der Waals surface area contributed by atoms with Crippen LogP contribution >= 0.6 is 0 Å². The Bertz CT molecular complexity index is 567. The maximum absolute atomic E-state index is 10.6. The Morgan fingerprint density at radius 1 is 1.32 bits per heavy atom. The van der Waals surface area contributed by atoms with E-state index in [2.05, 4.69) is 45.9 Å². The summed E-state index contributed by atoms with van der Waals surface area (Å²) < 4.78 is 0. The van der Waals surface area contributed by atoms with Crippen LogP contribution in [0.25, 0.3) is 0 Å². The van der Waals surface area contributed by atoms with E-state index in [-0.39, 0.29) is 11.8 Å². The third-order valence-corrected chi connectivity index (χ3v) is 4.06. The van der Waals surface area contributed by atoms with Crippen molar-refractivity contribution in [3.63, 3.8) is 0 Å². The topological polar surface area (TPSA) is 37.3 Å². The average Bonchev–Trinajstić information content (AvgIpc) is 2.36. The number of rotatable bonds is 5. The largest absolute Gasteiger partial charge is 0.481 e. The molecular formula is C20H28O2. The first-order chi connectivity index (χ1) is 10.2. The molecule has 2 heteroatoms. The monoisotopic (exact) mass is 300 g/mol. The molecule has 0 heterocycles. The van der Waals surface area contributed by atoms with E-state index in [9.17, 15) is 4.79 Å². The van der Waals surface area contributed by atoms with Crippen LogP contribution in [0.2, 0.25) is 0 Å². The van der Waals surface area contributed by atoms with Gasteiger partial charge in [0.25, 0.3) is 0 Å². The van der Waals surface area contributed by atoms with Crippen molar-refractivity contribution in [3.05, 3.63) is 58.7 Å². The van der Waals surface area contributed by atoms with Gasteiger partial charge in [0.2, 0.25) is 0 Å². The predicted octanol–water partition coefficient (Wildman–Crippen LogP) is 5.60. The van der Waals surface area contributed by atoms with E-state index in [0.717, 1.165) is 17.6 Å². The maximum Gasteiger partial charge on any atom is 0.307 e. The highest BCUT2D eigenvalue weighted by Gasteiger charge is 2.26. The first-order valence-electron chi connectivity index (χ1n) is 7.84. The number of aliphatic carboxylic acids is 1. The van der Waals surface area contributed by atoms with Crippen LogP contribution in [0.3, 0.4) is 0 Å². The first-order valence-corrected chi connectivity index (χ1v) is 7.84.